The number of para-hydroxylation sites is 1. The molecule has 1 atom stereocenters. The molecule has 0 aliphatic heterocycles. The number of amides is 1. The molecule has 1 unspecified atom stereocenters. The minimum Gasteiger partial charge on any atom is -0.452 e. The molecule has 1 amide bonds. The summed E-state index contributed by atoms with van der Waals surface area (Å²) in [6.07, 6.45) is -1.41. The Morgan fingerprint density at radius 2 is 1.74 bits per heavy atom. The first-order chi connectivity index (χ1) is 12.8. The molecular formula is C19H18N2O6. The van der Waals surface area contributed by atoms with E-state index in [1.165, 1.54) is 32.0 Å². The van der Waals surface area contributed by atoms with Gasteiger partial charge in [0.05, 0.1) is 11.3 Å². The lowest BCUT2D eigenvalue weighted by molar-refractivity contribution is -0.385. The summed E-state index contributed by atoms with van der Waals surface area (Å²) >= 11 is 0. The maximum atomic E-state index is 12.1. The lowest BCUT2D eigenvalue weighted by Crippen LogP contribution is -2.30. The fourth-order valence-corrected chi connectivity index (χ4v) is 2.32. The molecule has 0 bridgehead atoms. The second kappa shape index (κ2) is 8.70. The van der Waals surface area contributed by atoms with Gasteiger partial charge in [-0.2, -0.15) is 0 Å². The predicted molar refractivity (Wildman–Crippen MR) is 97.4 cm³/mol. The third kappa shape index (κ3) is 5.46. The Labute approximate surface area is 155 Å². The van der Waals surface area contributed by atoms with Gasteiger partial charge in [0, 0.05) is 22.9 Å². The molecule has 8 heteroatoms. The van der Waals surface area contributed by atoms with E-state index in [1.54, 1.807) is 30.3 Å². The number of rotatable bonds is 7. The minimum absolute atomic E-state index is 0.0924. The quantitative estimate of drug-likeness (QED) is 0.347. The van der Waals surface area contributed by atoms with Crippen molar-refractivity contribution in [1.29, 1.82) is 0 Å². The Morgan fingerprint density at radius 1 is 1.11 bits per heavy atom. The molecule has 0 fully saturated rings. The van der Waals surface area contributed by atoms with Crippen LogP contribution < -0.4 is 5.32 Å². The standard InChI is InChI=1S/C19H18N2O6/c1-12(22)14-7-9-16(10-8-14)20-19(24)13(2)27-18(23)11-15-5-3-4-6-17(15)21(25)26/h3-10,13H,11H2,1-2H3,(H,20,24). The highest BCUT2D eigenvalue weighted by Crippen LogP contribution is 2.19. The maximum Gasteiger partial charge on any atom is 0.311 e. The molecule has 27 heavy (non-hydrogen) atoms. The van der Waals surface area contributed by atoms with Crippen molar-refractivity contribution in [3.63, 3.8) is 0 Å². The molecule has 2 rings (SSSR count). The molecule has 0 radical (unpaired) electrons. The summed E-state index contributed by atoms with van der Waals surface area (Å²) in [6.45, 7) is 2.84. The monoisotopic (exact) mass is 370 g/mol. The summed E-state index contributed by atoms with van der Waals surface area (Å²) in [5, 5.41) is 13.5. The van der Waals surface area contributed by atoms with Crippen LogP contribution in [0.4, 0.5) is 11.4 Å². The number of nitrogens with one attached hydrogen (secondary N) is 1. The Hall–Kier alpha value is -3.55. The topological polar surface area (TPSA) is 116 Å². The summed E-state index contributed by atoms with van der Waals surface area (Å²) in [5.41, 5.74) is 0.987. The van der Waals surface area contributed by atoms with E-state index < -0.39 is 22.9 Å². The average Bonchev–Trinajstić information content (AvgIpc) is 2.62. The largest absolute Gasteiger partial charge is 0.452 e. The van der Waals surface area contributed by atoms with Crippen LogP contribution in [0.2, 0.25) is 0 Å². The Bertz CT molecular complexity index is 876. The normalized spacial score (nSPS) is 11.3. The molecule has 0 aromatic heterocycles. The van der Waals surface area contributed by atoms with Crippen LogP contribution >= 0.6 is 0 Å². The molecule has 140 valence electrons. The van der Waals surface area contributed by atoms with Crippen molar-refractivity contribution in [1.82, 2.24) is 0 Å². The van der Waals surface area contributed by atoms with E-state index in [-0.39, 0.29) is 23.5 Å². The van der Waals surface area contributed by atoms with E-state index in [2.05, 4.69) is 5.32 Å². The lowest BCUT2D eigenvalue weighted by atomic mass is 10.1. The molecule has 0 aliphatic rings. The number of anilines is 1. The number of nitrogens with zero attached hydrogens (tertiary/aromatic N) is 1. The fraction of sp³-hybridized carbons (Fsp3) is 0.211. The molecule has 0 heterocycles. The highest BCUT2D eigenvalue weighted by Gasteiger charge is 2.21. The first-order valence-corrected chi connectivity index (χ1v) is 8.11. The summed E-state index contributed by atoms with van der Waals surface area (Å²) < 4.78 is 5.06. The van der Waals surface area contributed by atoms with Crippen molar-refractivity contribution < 1.29 is 24.0 Å². The van der Waals surface area contributed by atoms with Gasteiger partial charge in [-0.15, -0.1) is 0 Å². The smallest absolute Gasteiger partial charge is 0.311 e. The molecule has 2 aromatic carbocycles. The van der Waals surface area contributed by atoms with Crippen molar-refractivity contribution >= 4 is 29.0 Å². The van der Waals surface area contributed by atoms with Crippen LogP contribution in [-0.2, 0) is 20.7 Å². The summed E-state index contributed by atoms with van der Waals surface area (Å²) in [5.74, 6) is -1.40. The van der Waals surface area contributed by atoms with Crippen molar-refractivity contribution in [2.24, 2.45) is 0 Å². The fourth-order valence-electron chi connectivity index (χ4n) is 2.32. The zero-order chi connectivity index (χ0) is 20.0. The van der Waals surface area contributed by atoms with E-state index >= 15 is 0 Å². The van der Waals surface area contributed by atoms with Crippen molar-refractivity contribution in [3.05, 3.63) is 69.8 Å². The van der Waals surface area contributed by atoms with Gasteiger partial charge in [-0.05, 0) is 38.1 Å². The molecule has 1 N–H and O–H groups in total. The van der Waals surface area contributed by atoms with Crippen LogP contribution in [0.3, 0.4) is 0 Å². The van der Waals surface area contributed by atoms with Gasteiger partial charge in [0.15, 0.2) is 11.9 Å². The number of hydrogen-bond acceptors (Lipinski definition) is 6. The molecule has 0 saturated heterocycles. The average molecular weight is 370 g/mol. The Kier molecular flexibility index (Phi) is 6.37. The molecule has 0 saturated carbocycles. The number of hydrogen-bond donors (Lipinski definition) is 1. The van der Waals surface area contributed by atoms with E-state index in [0.29, 0.717) is 11.3 Å². The Morgan fingerprint density at radius 3 is 2.33 bits per heavy atom. The number of Topliss-reactive ketones (excluding diaryl/α,β-unsaturated/α-hetero) is 1. The molecule has 8 nitrogen and oxygen atoms in total. The van der Waals surface area contributed by atoms with E-state index in [0.717, 1.165) is 0 Å². The number of carbonyl (C=O) groups excluding carboxylic acids is 3. The van der Waals surface area contributed by atoms with Gasteiger partial charge in [-0.25, -0.2) is 0 Å². The third-order valence-electron chi connectivity index (χ3n) is 3.76. The van der Waals surface area contributed by atoms with Crippen LogP contribution in [0.25, 0.3) is 0 Å². The van der Waals surface area contributed by atoms with Crippen molar-refractivity contribution in [2.45, 2.75) is 26.4 Å². The number of nitro groups is 1. The zero-order valence-electron chi connectivity index (χ0n) is 14.8. The number of nitro benzene ring substituents is 1. The van der Waals surface area contributed by atoms with E-state index in [4.69, 9.17) is 4.74 Å². The van der Waals surface area contributed by atoms with Gasteiger partial charge in [0.1, 0.15) is 0 Å². The van der Waals surface area contributed by atoms with Gasteiger partial charge in [-0.1, -0.05) is 18.2 Å². The van der Waals surface area contributed by atoms with Gasteiger partial charge >= 0.3 is 5.97 Å². The van der Waals surface area contributed by atoms with Crippen LogP contribution in [-0.4, -0.2) is 28.7 Å². The summed E-state index contributed by atoms with van der Waals surface area (Å²) in [4.78, 5) is 45.8. The predicted octanol–water partition coefficient (Wildman–Crippen LogP) is 2.91. The number of benzene rings is 2. The van der Waals surface area contributed by atoms with Crippen LogP contribution in [0.15, 0.2) is 48.5 Å². The lowest BCUT2D eigenvalue weighted by Gasteiger charge is -2.14. The van der Waals surface area contributed by atoms with E-state index in [9.17, 15) is 24.5 Å². The van der Waals surface area contributed by atoms with Gasteiger partial charge in [0.2, 0.25) is 0 Å². The van der Waals surface area contributed by atoms with Crippen molar-refractivity contribution in [2.75, 3.05) is 5.32 Å². The third-order valence-corrected chi connectivity index (χ3v) is 3.76. The van der Waals surface area contributed by atoms with Gasteiger partial charge in [-0.3, -0.25) is 24.5 Å². The van der Waals surface area contributed by atoms with Gasteiger partial charge in [0.25, 0.3) is 11.6 Å². The highest BCUT2D eigenvalue weighted by molar-refractivity contribution is 5.97. The summed E-state index contributed by atoms with van der Waals surface area (Å²) in [7, 11) is 0. The Balaban J connectivity index is 1.94. The molecular weight excluding hydrogens is 352 g/mol. The highest BCUT2D eigenvalue weighted by atomic mass is 16.6. The maximum absolute atomic E-state index is 12.1. The molecule has 0 aliphatic carbocycles. The second-order valence-electron chi connectivity index (χ2n) is 5.82. The van der Waals surface area contributed by atoms with Crippen LogP contribution in [0.5, 0.6) is 0 Å². The first kappa shape index (κ1) is 19.8. The molecule has 0 spiro atoms. The van der Waals surface area contributed by atoms with Crippen LogP contribution in [0.1, 0.15) is 29.8 Å². The number of ketones is 1. The first-order valence-electron chi connectivity index (χ1n) is 8.11. The SMILES string of the molecule is CC(=O)c1ccc(NC(=O)C(C)OC(=O)Cc2ccccc2[N+](=O)[O-])cc1. The van der Waals surface area contributed by atoms with Crippen molar-refractivity contribution in [3.8, 4) is 0 Å². The zero-order valence-corrected chi connectivity index (χ0v) is 14.8. The second-order valence-corrected chi connectivity index (χ2v) is 5.82. The minimum atomic E-state index is -1.09. The van der Waals surface area contributed by atoms with Crippen LogP contribution in [0, 0.1) is 10.1 Å². The summed E-state index contributed by atoms with van der Waals surface area (Å²) in [6, 6.07) is 12.1. The van der Waals surface area contributed by atoms with E-state index in [1.807, 2.05) is 0 Å². The number of ether oxygens (including phenoxy) is 1. The number of carbonyl (C=O) groups is 3. The van der Waals surface area contributed by atoms with Gasteiger partial charge < -0.3 is 10.1 Å². The number of esters is 1. The molecule has 2 aromatic rings.